The van der Waals surface area contributed by atoms with Crippen molar-refractivity contribution in [3.05, 3.63) is 83.7 Å². The maximum atomic E-state index is 13.7. The monoisotopic (exact) mass is 596 g/mol. The Labute approximate surface area is 248 Å². The molecule has 1 atom stereocenters. The highest BCUT2D eigenvalue weighted by Gasteiger charge is 2.29. The summed E-state index contributed by atoms with van der Waals surface area (Å²) in [5.74, 6) is -0.817. The van der Waals surface area contributed by atoms with Gasteiger partial charge in [0.2, 0.25) is 0 Å². The lowest BCUT2D eigenvalue weighted by Gasteiger charge is -2.26. The number of sulfonamides is 1. The van der Waals surface area contributed by atoms with E-state index in [0.717, 1.165) is 29.7 Å². The summed E-state index contributed by atoms with van der Waals surface area (Å²) in [6, 6.07) is 17.3. The number of pyridine rings is 2. The number of carbonyl (C=O) groups is 2. The van der Waals surface area contributed by atoms with Crippen molar-refractivity contribution in [1.29, 1.82) is 0 Å². The first-order chi connectivity index (χ1) is 19.8. The van der Waals surface area contributed by atoms with E-state index in [0.29, 0.717) is 11.6 Å². The zero-order valence-electron chi connectivity index (χ0n) is 24.9. The Morgan fingerprint density at radius 1 is 1.00 bits per heavy atom. The molecule has 1 N–H and O–H groups in total. The van der Waals surface area contributed by atoms with Crippen molar-refractivity contribution in [3.8, 4) is 0 Å². The van der Waals surface area contributed by atoms with Crippen molar-refractivity contribution < 1.29 is 27.9 Å². The minimum absolute atomic E-state index is 0.0322. The standard InChI is InChI=1S/C31H40N4O6S/c1-6-7-11-23(2)25-17-15-24(16-18-25)20-34(42(39,40)28-14-8-9-19-32-28)21-26-12-10-13-27(33-26)35(22-29(36)37)30(38)41-31(3,4)5/h8-10,12-19,23H,6-7,11,20-22H2,1-5H3,(H,36,37). The number of nitrogens with zero attached hydrogens (tertiary/aromatic N) is 4. The van der Waals surface area contributed by atoms with E-state index in [1.165, 1.54) is 28.2 Å². The van der Waals surface area contributed by atoms with Gasteiger partial charge in [0.15, 0.2) is 5.03 Å². The molecule has 2 aromatic heterocycles. The van der Waals surface area contributed by atoms with E-state index in [2.05, 4.69) is 23.8 Å². The average molecular weight is 597 g/mol. The zero-order chi connectivity index (χ0) is 30.9. The van der Waals surface area contributed by atoms with Crippen LogP contribution in [0.3, 0.4) is 0 Å². The number of hydrogen-bond acceptors (Lipinski definition) is 7. The number of carbonyl (C=O) groups excluding carboxylic acids is 1. The molecule has 226 valence electrons. The van der Waals surface area contributed by atoms with E-state index < -0.39 is 34.2 Å². The van der Waals surface area contributed by atoms with Gasteiger partial charge in [0.1, 0.15) is 18.0 Å². The summed E-state index contributed by atoms with van der Waals surface area (Å²) in [7, 11) is -4.05. The molecule has 0 saturated carbocycles. The molecule has 11 heteroatoms. The Hall–Kier alpha value is -3.83. The summed E-state index contributed by atoms with van der Waals surface area (Å²) >= 11 is 0. The van der Waals surface area contributed by atoms with Crippen molar-refractivity contribution >= 4 is 27.9 Å². The number of aliphatic carboxylic acids is 1. The molecular formula is C31H40N4O6S. The minimum atomic E-state index is -4.05. The molecule has 1 unspecified atom stereocenters. The molecule has 3 aromatic rings. The molecule has 10 nitrogen and oxygen atoms in total. The number of hydrogen-bond donors (Lipinski definition) is 1. The third-order valence-corrected chi connectivity index (χ3v) is 8.16. The number of benzene rings is 1. The van der Waals surface area contributed by atoms with Gasteiger partial charge in [0, 0.05) is 12.7 Å². The van der Waals surface area contributed by atoms with Crippen LogP contribution in [0.5, 0.6) is 0 Å². The second-order valence-corrected chi connectivity index (χ2v) is 13.1. The van der Waals surface area contributed by atoms with Crippen LogP contribution in [0, 0.1) is 0 Å². The lowest BCUT2D eigenvalue weighted by molar-refractivity contribution is -0.135. The molecule has 0 fully saturated rings. The van der Waals surface area contributed by atoms with Gasteiger partial charge in [-0.05, 0) is 68.5 Å². The van der Waals surface area contributed by atoms with Gasteiger partial charge in [-0.1, -0.05) is 63.1 Å². The molecule has 2 heterocycles. The van der Waals surface area contributed by atoms with Crippen LogP contribution in [0.1, 0.15) is 76.6 Å². The molecule has 1 amide bonds. The molecule has 0 aliphatic rings. The van der Waals surface area contributed by atoms with E-state index in [9.17, 15) is 23.1 Å². The molecule has 42 heavy (non-hydrogen) atoms. The number of carboxylic acid groups (broad SMARTS) is 1. The molecular weight excluding hydrogens is 556 g/mol. The van der Waals surface area contributed by atoms with Gasteiger partial charge in [0.25, 0.3) is 10.0 Å². The first kappa shape index (κ1) is 32.7. The van der Waals surface area contributed by atoms with Crippen molar-refractivity contribution in [2.75, 3.05) is 11.4 Å². The second-order valence-electron chi connectivity index (χ2n) is 11.2. The van der Waals surface area contributed by atoms with E-state index in [1.54, 1.807) is 45.0 Å². The van der Waals surface area contributed by atoms with Gasteiger partial charge in [-0.25, -0.2) is 23.2 Å². The third kappa shape index (κ3) is 9.35. The van der Waals surface area contributed by atoms with Crippen LogP contribution in [0.15, 0.2) is 71.9 Å². The first-order valence-electron chi connectivity index (χ1n) is 14.0. The predicted molar refractivity (Wildman–Crippen MR) is 161 cm³/mol. The SMILES string of the molecule is CCCCC(C)c1ccc(CN(Cc2cccc(N(CC(=O)O)C(=O)OC(C)(C)C)n2)S(=O)(=O)c2ccccn2)cc1. The van der Waals surface area contributed by atoms with Crippen molar-refractivity contribution in [3.63, 3.8) is 0 Å². The first-order valence-corrected chi connectivity index (χ1v) is 15.4. The van der Waals surface area contributed by atoms with E-state index in [4.69, 9.17) is 4.74 Å². The van der Waals surface area contributed by atoms with E-state index >= 15 is 0 Å². The summed E-state index contributed by atoms with van der Waals surface area (Å²) in [5, 5.41) is 9.32. The molecule has 0 spiro atoms. The Bertz CT molecular complexity index is 1440. The lowest BCUT2D eigenvalue weighted by Crippen LogP contribution is -2.40. The Kier molecular flexibility index (Phi) is 11.2. The maximum absolute atomic E-state index is 13.7. The fourth-order valence-electron chi connectivity index (χ4n) is 4.27. The number of ether oxygens (including phenoxy) is 1. The van der Waals surface area contributed by atoms with Gasteiger partial charge >= 0.3 is 12.1 Å². The fraction of sp³-hybridized carbons (Fsp3) is 0.419. The Morgan fingerprint density at radius 2 is 1.71 bits per heavy atom. The highest BCUT2D eigenvalue weighted by molar-refractivity contribution is 7.89. The molecule has 1 aromatic carbocycles. The van der Waals surface area contributed by atoms with Gasteiger partial charge in [0.05, 0.1) is 12.2 Å². The topological polar surface area (TPSA) is 130 Å². The van der Waals surface area contributed by atoms with Crippen LogP contribution < -0.4 is 4.90 Å². The highest BCUT2D eigenvalue weighted by Crippen LogP contribution is 2.25. The van der Waals surface area contributed by atoms with E-state index in [-0.39, 0.29) is 23.9 Å². The lowest BCUT2D eigenvalue weighted by atomic mass is 9.95. The third-order valence-electron chi connectivity index (χ3n) is 6.45. The van der Waals surface area contributed by atoms with Gasteiger partial charge in [-0.2, -0.15) is 4.31 Å². The number of anilines is 1. The van der Waals surface area contributed by atoms with Crippen LogP contribution in [0.25, 0.3) is 0 Å². The summed E-state index contributed by atoms with van der Waals surface area (Å²) < 4.78 is 34.1. The van der Waals surface area contributed by atoms with E-state index in [1.807, 2.05) is 24.3 Å². The summed E-state index contributed by atoms with van der Waals surface area (Å²) in [6.07, 6.45) is 3.90. The van der Waals surface area contributed by atoms with Gasteiger partial charge in [-0.3, -0.25) is 9.69 Å². The molecule has 0 radical (unpaired) electrons. The number of unbranched alkanes of at least 4 members (excludes halogenated alkanes) is 1. The summed E-state index contributed by atoms with van der Waals surface area (Å²) in [4.78, 5) is 33.8. The Morgan fingerprint density at radius 3 is 2.31 bits per heavy atom. The molecule has 0 saturated heterocycles. The van der Waals surface area contributed by atoms with Crippen LogP contribution in [0.2, 0.25) is 0 Å². The van der Waals surface area contributed by atoms with Crippen LogP contribution in [-0.2, 0) is 32.6 Å². The average Bonchev–Trinajstić information content (AvgIpc) is 2.94. The summed E-state index contributed by atoms with van der Waals surface area (Å²) in [6.45, 7) is 8.61. The summed E-state index contributed by atoms with van der Waals surface area (Å²) in [5.41, 5.74) is 1.44. The predicted octanol–water partition coefficient (Wildman–Crippen LogP) is 5.99. The molecule has 0 bridgehead atoms. The van der Waals surface area contributed by atoms with Gasteiger partial charge < -0.3 is 9.84 Å². The van der Waals surface area contributed by atoms with Crippen LogP contribution >= 0.6 is 0 Å². The quantitative estimate of drug-likeness (QED) is 0.255. The van der Waals surface area contributed by atoms with Gasteiger partial charge in [-0.15, -0.1) is 0 Å². The number of rotatable bonds is 13. The largest absolute Gasteiger partial charge is 0.480 e. The molecule has 3 rings (SSSR count). The zero-order valence-corrected chi connectivity index (χ0v) is 25.7. The maximum Gasteiger partial charge on any atom is 0.416 e. The fourth-order valence-corrected chi connectivity index (χ4v) is 5.60. The van der Waals surface area contributed by atoms with Crippen molar-refractivity contribution in [1.82, 2.24) is 14.3 Å². The van der Waals surface area contributed by atoms with Crippen LogP contribution in [-0.4, -0.2) is 52.0 Å². The number of carboxylic acids is 1. The van der Waals surface area contributed by atoms with Crippen LogP contribution in [0.4, 0.5) is 10.6 Å². The number of amides is 1. The normalized spacial score (nSPS) is 12.6. The Balaban J connectivity index is 1.94. The van der Waals surface area contributed by atoms with Crippen molar-refractivity contribution in [2.24, 2.45) is 0 Å². The smallest absolute Gasteiger partial charge is 0.416 e. The molecule has 0 aliphatic heterocycles. The number of aromatic nitrogens is 2. The minimum Gasteiger partial charge on any atom is -0.480 e. The van der Waals surface area contributed by atoms with Crippen molar-refractivity contribution in [2.45, 2.75) is 83.5 Å². The highest BCUT2D eigenvalue weighted by atomic mass is 32.2. The second kappa shape index (κ2) is 14.4. The molecule has 0 aliphatic carbocycles.